The van der Waals surface area contributed by atoms with Crippen LogP contribution in [0.15, 0.2) is 33.7 Å². The number of amides is 1. The molecule has 15 heavy (non-hydrogen) atoms. The molecule has 0 fully saturated rings. The smallest absolute Gasteiger partial charge is 0.269 e. The van der Waals surface area contributed by atoms with E-state index in [1.807, 2.05) is 0 Å². The van der Waals surface area contributed by atoms with Gasteiger partial charge < -0.3 is 9.73 Å². The molecule has 6 heteroatoms. The Hall–Kier alpha value is -2.24. The zero-order valence-corrected chi connectivity index (χ0v) is 7.74. The van der Waals surface area contributed by atoms with Gasteiger partial charge in [0, 0.05) is 6.07 Å². The Morgan fingerprint density at radius 2 is 2.33 bits per heavy atom. The molecule has 1 amide bonds. The van der Waals surface area contributed by atoms with Crippen molar-refractivity contribution in [2.24, 2.45) is 0 Å². The van der Waals surface area contributed by atoms with Crippen molar-refractivity contribution in [1.82, 2.24) is 15.5 Å². The van der Waals surface area contributed by atoms with Crippen LogP contribution < -0.4 is 10.9 Å². The van der Waals surface area contributed by atoms with Gasteiger partial charge in [0.2, 0.25) is 0 Å². The normalized spacial score (nSPS) is 10.1. The number of carbonyl (C=O) groups is 1. The fourth-order valence-corrected chi connectivity index (χ4v) is 1.13. The minimum absolute atomic E-state index is 0.201. The lowest BCUT2D eigenvalue weighted by molar-refractivity contribution is 0.0943. The number of aromatic amines is 2. The van der Waals surface area contributed by atoms with Crippen molar-refractivity contribution in [3.05, 3.63) is 46.3 Å². The number of furan rings is 1. The highest BCUT2D eigenvalue weighted by molar-refractivity contribution is 5.91. The minimum atomic E-state index is -0.357. The average Bonchev–Trinajstić information content (AvgIpc) is 2.84. The van der Waals surface area contributed by atoms with Gasteiger partial charge in [0.05, 0.1) is 12.8 Å². The molecule has 2 aromatic heterocycles. The van der Waals surface area contributed by atoms with Crippen LogP contribution in [0, 0.1) is 0 Å². The summed E-state index contributed by atoms with van der Waals surface area (Å²) in [4.78, 5) is 22.2. The molecule has 0 radical (unpaired) electrons. The number of carbonyl (C=O) groups excluding carboxylic acids is 1. The molecule has 3 N–H and O–H groups in total. The first-order valence-electron chi connectivity index (χ1n) is 4.34. The second-order valence-corrected chi connectivity index (χ2v) is 2.93. The highest BCUT2D eigenvalue weighted by Gasteiger charge is 2.07. The molecular weight excluding hydrogens is 198 g/mol. The summed E-state index contributed by atoms with van der Waals surface area (Å²) in [6.45, 7) is 0.291. The van der Waals surface area contributed by atoms with Gasteiger partial charge in [-0.3, -0.25) is 19.8 Å². The van der Waals surface area contributed by atoms with Crippen molar-refractivity contribution in [3.63, 3.8) is 0 Å². The van der Waals surface area contributed by atoms with Gasteiger partial charge in [0.1, 0.15) is 11.5 Å². The van der Waals surface area contributed by atoms with Gasteiger partial charge >= 0.3 is 0 Å². The summed E-state index contributed by atoms with van der Waals surface area (Å²) < 4.78 is 5.03. The molecule has 2 rings (SSSR count). The highest BCUT2D eigenvalue weighted by Crippen LogP contribution is 1.99. The third kappa shape index (κ3) is 2.16. The zero-order valence-electron chi connectivity index (χ0n) is 7.74. The Kier molecular flexibility index (Phi) is 2.40. The van der Waals surface area contributed by atoms with Crippen molar-refractivity contribution < 1.29 is 9.21 Å². The van der Waals surface area contributed by atoms with Crippen LogP contribution >= 0.6 is 0 Å². The molecule has 0 aliphatic heterocycles. The van der Waals surface area contributed by atoms with E-state index in [0.29, 0.717) is 12.3 Å². The number of rotatable bonds is 3. The summed E-state index contributed by atoms with van der Waals surface area (Å²) in [6, 6.07) is 4.68. The first-order chi connectivity index (χ1) is 7.25. The quantitative estimate of drug-likeness (QED) is 0.672. The van der Waals surface area contributed by atoms with E-state index < -0.39 is 0 Å². The standard InChI is InChI=1S/C9H9N3O3/c13-8-4-7(11-12-8)9(14)10-5-6-2-1-3-15-6/h1-4H,5H2,(H,10,14)(H2,11,12,13). The maximum absolute atomic E-state index is 11.4. The molecule has 0 aliphatic rings. The van der Waals surface area contributed by atoms with Crippen LogP contribution in [0.1, 0.15) is 16.2 Å². The molecule has 0 aromatic carbocycles. The molecule has 0 spiro atoms. The fraction of sp³-hybridized carbons (Fsp3) is 0.111. The van der Waals surface area contributed by atoms with E-state index in [1.165, 1.54) is 12.3 Å². The summed E-state index contributed by atoms with van der Waals surface area (Å²) >= 11 is 0. The van der Waals surface area contributed by atoms with Crippen LogP contribution in [0.3, 0.4) is 0 Å². The first kappa shape index (κ1) is 9.32. The number of H-pyrrole nitrogens is 2. The third-order valence-corrected chi connectivity index (χ3v) is 1.84. The molecular formula is C9H9N3O3. The molecule has 0 aliphatic carbocycles. The minimum Gasteiger partial charge on any atom is -0.467 e. The molecule has 2 aromatic rings. The van der Waals surface area contributed by atoms with Crippen molar-refractivity contribution in [3.8, 4) is 0 Å². The Bertz CT molecular complexity index is 495. The van der Waals surface area contributed by atoms with Crippen LogP contribution in [0.2, 0.25) is 0 Å². The van der Waals surface area contributed by atoms with Crippen LogP contribution in [-0.4, -0.2) is 16.1 Å². The summed E-state index contributed by atoms with van der Waals surface area (Å²) in [5.74, 6) is 0.297. The van der Waals surface area contributed by atoms with E-state index in [0.717, 1.165) is 0 Å². The van der Waals surface area contributed by atoms with E-state index in [2.05, 4.69) is 15.5 Å². The van der Waals surface area contributed by atoms with Gasteiger partial charge in [-0.2, -0.15) is 0 Å². The molecule has 0 bridgehead atoms. The van der Waals surface area contributed by atoms with Crippen LogP contribution in [-0.2, 0) is 6.54 Å². The molecule has 0 saturated carbocycles. The largest absolute Gasteiger partial charge is 0.467 e. The Morgan fingerprint density at radius 1 is 1.47 bits per heavy atom. The molecule has 78 valence electrons. The average molecular weight is 207 g/mol. The SMILES string of the molecule is O=C(NCc1ccco1)c1cc(=O)[nH][nH]1. The van der Waals surface area contributed by atoms with Crippen molar-refractivity contribution in [1.29, 1.82) is 0 Å². The molecule has 0 saturated heterocycles. The number of hydrogen-bond donors (Lipinski definition) is 3. The summed E-state index contributed by atoms with van der Waals surface area (Å²) in [5, 5.41) is 7.32. The van der Waals surface area contributed by atoms with Gasteiger partial charge in [0.25, 0.3) is 11.5 Å². The lowest BCUT2D eigenvalue weighted by Gasteiger charge is -1.99. The number of aromatic nitrogens is 2. The van der Waals surface area contributed by atoms with Gasteiger partial charge in [0.15, 0.2) is 0 Å². The second kappa shape index (κ2) is 3.87. The first-order valence-corrected chi connectivity index (χ1v) is 4.34. The predicted molar refractivity (Wildman–Crippen MR) is 51.3 cm³/mol. The van der Waals surface area contributed by atoms with E-state index in [-0.39, 0.29) is 17.2 Å². The van der Waals surface area contributed by atoms with Crippen LogP contribution in [0.25, 0.3) is 0 Å². The lowest BCUT2D eigenvalue weighted by Crippen LogP contribution is -2.22. The summed E-state index contributed by atoms with van der Waals surface area (Å²) in [6.07, 6.45) is 1.53. The highest BCUT2D eigenvalue weighted by atomic mass is 16.3. The molecule has 6 nitrogen and oxygen atoms in total. The summed E-state index contributed by atoms with van der Waals surface area (Å²) in [5.41, 5.74) is -0.135. The van der Waals surface area contributed by atoms with Crippen molar-refractivity contribution in [2.45, 2.75) is 6.54 Å². The van der Waals surface area contributed by atoms with E-state index in [1.54, 1.807) is 12.1 Å². The maximum Gasteiger partial charge on any atom is 0.269 e. The maximum atomic E-state index is 11.4. The Balaban J connectivity index is 1.96. The predicted octanol–water partition coefficient (Wildman–Crippen LogP) is 0.226. The molecule has 2 heterocycles. The van der Waals surface area contributed by atoms with E-state index in [4.69, 9.17) is 4.42 Å². The monoisotopic (exact) mass is 207 g/mol. The topological polar surface area (TPSA) is 90.9 Å². The Labute approximate surface area is 84.3 Å². The second-order valence-electron chi connectivity index (χ2n) is 2.93. The number of hydrogen-bond acceptors (Lipinski definition) is 3. The van der Waals surface area contributed by atoms with Gasteiger partial charge in [-0.25, -0.2) is 0 Å². The van der Waals surface area contributed by atoms with Gasteiger partial charge in [-0.05, 0) is 12.1 Å². The van der Waals surface area contributed by atoms with Gasteiger partial charge in [-0.15, -0.1) is 0 Å². The number of nitrogens with one attached hydrogen (secondary N) is 3. The fourth-order valence-electron chi connectivity index (χ4n) is 1.13. The van der Waals surface area contributed by atoms with Crippen LogP contribution in [0.4, 0.5) is 0 Å². The van der Waals surface area contributed by atoms with Crippen molar-refractivity contribution >= 4 is 5.91 Å². The summed E-state index contributed by atoms with van der Waals surface area (Å²) in [7, 11) is 0. The molecule has 0 atom stereocenters. The zero-order chi connectivity index (χ0) is 10.7. The Morgan fingerprint density at radius 3 is 2.93 bits per heavy atom. The third-order valence-electron chi connectivity index (χ3n) is 1.84. The van der Waals surface area contributed by atoms with E-state index in [9.17, 15) is 9.59 Å². The van der Waals surface area contributed by atoms with E-state index >= 15 is 0 Å². The van der Waals surface area contributed by atoms with Gasteiger partial charge in [-0.1, -0.05) is 0 Å². The molecule has 0 unspecified atom stereocenters. The van der Waals surface area contributed by atoms with Crippen molar-refractivity contribution in [2.75, 3.05) is 0 Å². The van der Waals surface area contributed by atoms with Crippen LogP contribution in [0.5, 0.6) is 0 Å². The lowest BCUT2D eigenvalue weighted by atomic mass is 10.4.